The van der Waals surface area contributed by atoms with Crippen LogP contribution in [-0.4, -0.2) is 37.1 Å². The molecule has 3 rings (SSSR count). The Balaban J connectivity index is 1.65. The quantitative estimate of drug-likeness (QED) is 0.646. The van der Waals surface area contributed by atoms with Gasteiger partial charge in [-0.25, -0.2) is 9.78 Å². The first-order chi connectivity index (χ1) is 12.7. The largest absolute Gasteiger partial charge is 0.448 e. The summed E-state index contributed by atoms with van der Waals surface area (Å²) in [5.74, 6) is -0.874. The molecule has 2 heterocycles. The number of hydrogen-bond acceptors (Lipinski definition) is 7. The molecule has 8 heteroatoms. The highest BCUT2D eigenvalue weighted by molar-refractivity contribution is 7.29. The highest BCUT2D eigenvalue weighted by Crippen LogP contribution is 2.34. The van der Waals surface area contributed by atoms with E-state index in [4.69, 9.17) is 4.74 Å². The maximum Gasteiger partial charge on any atom is 0.349 e. The van der Waals surface area contributed by atoms with Gasteiger partial charge in [0.15, 0.2) is 11.2 Å². The molecule has 1 aromatic carbocycles. The van der Waals surface area contributed by atoms with Crippen LogP contribution in [-0.2, 0) is 9.53 Å². The molecule has 27 heavy (non-hydrogen) atoms. The third-order valence-corrected chi connectivity index (χ3v) is 6.26. The van der Waals surface area contributed by atoms with E-state index in [1.807, 2.05) is 51.0 Å². The van der Waals surface area contributed by atoms with E-state index in [0.29, 0.717) is 10.6 Å². The molecule has 0 unspecified atom stereocenters. The molecule has 0 saturated heterocycles. The van der Waals surface area contributed by atoms with E-state index in [9.17, 15) is 9.59 Å². The molecule has 0 radical (unpaired) electrons. The zero-order valence-electron chi connectivity index (χ0n) is 15.8. The Morgan fingerprint density at radius 1 is 1.19 bits per heavy atom. The lowest BCUT2D eigenvalue weighted by molar-refractivity contribution is -0.123. The molecule has 3 aromatic rings. The summed E-state index contributed by atoms with van der Waals surface area (Å²) in [4.78, 5) is 32.4. The fourth-order valence-corrected chi connectivity index (χ4v) is 4.49. The zero-order chi connectivity index (χ0) is 19.7. The van der Waals surface area contributed by atoms with Gasteiger partial charge in [0.1, 0.15) is 9.71 Å². The zero-order valence-corrected chi connectivity index (χ0v) is 17.5. The predicted molar refractivity (Wildman–Crippen MR) is 111 cm³/mol. The van der Waals surface area contributed by atoms with Crippen LogP contribution in [0.4, 0.5) is 10.8 Å². The van der Waals surface area contributed by atoms with E-state index in [2.05, 4.69) is 10.3 Å². The predicted octanol–water partition coefficient (Wildman–Crippen LogP) is 4.22. The van der Waals surface area contributed by atoms with E-state index in [1.165, 1.54) is 22.7 Å². The number of carbonyl (C=O) groups is 2. The molecule has 1 atom stereocenters. The number of aromatic nitrogens is 1. The summed E-state index contributed by atoms with van der Waals surface area (Å²) in [6.45, 7) is 5.48. The minimum absolute atomic E-state index is 0.360. The standard InChI is InChI=1S/C19H21N3O3S2/c1-10-6-7-13(11(2)8-10)20-16(23)12(3)25-18(24)15-9-14-17(26-15)21-19(27-14)22(4)5/h6-9,12H,1-5H3,(H,20,23)/t12-/m0/s1. The monoisotopic (exact) mass is 403 g/mol. The lowest BCUT2D eigenvalue weighted by atomic mass is 10.1. The number of amides is 1. The number of nitrogens with zero attached hydrogens (tertiary/aromatic N) is 2. The smallest absolute Gasteiger partial charge is 0.349 e. The lowest BCUT2D eigenvalue weighted by Gasteiger charge is -2.14. The molecular formula is C19H21N3O3S2. The third kappa shape index (κ3) is 4.28. The van der Waals surface area contributed by atoms with Crippen LogP contribution < -0.4 is 10.2 Å². The minimum Gasteiger partial charge on any atom is -0.448 e. The molecule has 142 valence electrons. The number of aryl methyl sites for hydroxylation is 2. The van der Waals surface area contributed by atoms with Gasteiger partial charge in [-0.05, 0) is 38.5 Å². The van der Waals surface area contributed by atoms with Crippen molar-refractivity contribution < 1.29 is 14.3 Å². The van der Waals surface area contributed by atoms with Crippen molar-refractivity contribution in [2.45, 2.75) is 26.9 Å². The van der Waals surface area contributed by atoms with Crippen LogP contribution in [0.2, 0.25) is 0 Å². The van der Waals surface area contributed by atoms with E-state index in [1.54, 1.807) is 13.0 Å². The van der Waals surface area contributed by atoms with Crippen molar-refractivity contribution in [3.8, 4) is 0 Å². The second kappa shape index (κ2) is 7.66. The number of benzene rings is 1. The van der Waals surface area contributed by atoms with Gasteiger partial charge in [-0.15, -0.1) is 11.3 Å². The summed E-state index contributed by atoms with van der Waals surface area (Å²) in [6.07, 6.45) is -0.899. The Bertz CT molecular complexity index is 975. The lowest BCUT2D eigenvalue weighted by Crippen LogP contribution is -2.30. The topological polar surface area (TPSA) is 71.5 Å². The van der Waals surface area contributed by atoms with Gasteiger partial charge in [0.25, 0.3) is 5.91 Å². The first kappa shape index (κ1) is 19.3. The van der Waals surface area contributed by atoms with Gasteiger partial charge in [-0.2, -0.15) is 0 Å². The summed E-state index contributed by atoms with van der Waals surface area (Å²) in [7, 11) is 3.85. The van der Waals surface area contributed by atoms with Crippen LogP contribution in [0.3, 0.4) is 0 Å². The van der Waals surface area contributed by atoms with Crippen LogP contribution >= 0.6 is 22.7 Å². The normalized spacial score (nSPS) is 12.0. The van der Waals surface area contributed by atoms with Crippen LogP contribution in [0.15, 0.2) is 24.3 Å². The molecule has 0 spiro atoms. The summed E-state index contributed by atoms with van der Waals surface area (Å²) in [6, 6.07) is 7.52. The molecule has 2 aromatic heterocycles. The van der Waals surface area contributed by atoms with Crippen LogP contribution in [0, 0.1) is 13.8 Å². The first-order valence-electron chi connectivity index (χ1n) is 8.41. The molecule has 6 nitrogen and oxygen atoms in total. The number of anilines is 2. The molecule has 0 aliphatic heterocycles. The number of thiophene rings is 1. The number of carbonyl (C=O) groups excluding carboxylic acids is 2. The number of ether oxygens (including phenoxy) is 1. The van der Waals surface area contributed by atoms with Crippen LogP contribution in [0.1, 0.15) is 27.7 Å². The number of nitrogens with one attached hydrogen (secondary N) is 1. The van der Waals surface area contributed by atoms with Gasteiger partial charge in [0, 0.05) is 19.8 Å². The molecule has 1 amide bonds. The summed E-state index contributed by atoms with van der Waals surface area (Å²) >= 11 is 2.78. The van der Waals surface area contributed by atoms with Crippen molar-refractivity contribution in [3.63, 3.8) is 0 Å². The maximum atomic E-state index is 12.4. The summed E-state index contributed by atoms with van der Waals surface area (Å²) < 4.78 is 6.27. The van der Waals surface area contributed by atoms with Crippen molar-refractivity contribution in [1.82, 2.24) is 4.98 Å². The van der Waals surface area contributed by atoms with Crippen molar-refractivity contribution in [1.29, 1.82) is 0 Å². The molecule has 0 aliphatic rings. The highest BCUT2D eigenvalue weighted by Gasteiger charge is 2.22. The van der Waals surface area contributed by atoms with E-state index in [0.717, 1.165) is 25.8 Å². The molecular weight excluding hydrogens is 382 g/mol. The van der Waals surface area contributed by atoms with Gasteiger partial charge < -0.3 is 15.0 Å². The first-order valence-corrected chi connectivity index (χ1v) is 10.0. The SMILES string of the molecule is Cc1ccc(NC(=O)[C@H](C)OC(=O)c2cc3sc(N(C)C)nc3s2)c(C)c1. The minimum atomic E-state index is -0.899. The van der Waals surface area contributed by atoms with Gasteiger partial charge >= 0.3 is 5.97 Å². The van der Waals surface area contributed by atoms with Crippen LogP contribution in [0.5, 0.6) is 0 Å². The molecule has 0 fully saturated rings. The Hall–Kier alpha value is -2.45. The number of fused-ring (bicyclic) bond motifs is 1. The van der Waals surface area contributed by atoms with Crippen molar-refractivity contribution in [2.75, 3.05) is 24.3 Å². The maximum absolute atomic E-state index is 12.4. The average Bonchev–Trinajstić information content (AvgIpc) is 3.16. The van der Waals surface area contributed by atoms with Crippen LogP contribution in [0.25, 0.3) is 9.53 Å². The fraction of sp³-hybridized carbons (Fsp3) is 0.316. The van der Waals surface area contributed by atoms with Gasteiger partial charge in [-0.3, -0.25) is 4.79 Å². The Morgan fingerprint density at radius 3 is 2.56 bits per heavy atom. The second-order valence-corrected chi connectivity index (χ2v) is 8.57. The van der Waals surface area contributed by atoms with Crippen molar-refractivity contribution in [3.05, 3.63) is 40.3 Å². The second-order valence-electron chi connectivity index (χ2n) is 6.53. The molecule has 0 saturated carbocycles. The molecule has 0 bridgehead atoms. The summed E-state index contributed by atoms with van der Waals surface area (Å²) in [5.41, 5.74) is 2.79. The van der Waals surface area contributed by atoms with E-state index >= 15 is 0 Å². The number of thiazole rings is 1. The Kier molecular flexibility index (Phi) is 5.48. The van der Waals surface area contributed by atoms with E-state index in [-0.39, 0.29) is 5.91 Å². The Labute approximate surface area is 165 Å². The summed E-state index contributed by atoms with van der Waals surface area (Å²) in [5, 5.41) is 3.69. The van der Waals surface area contributed by atoms with E-state index < -0.39 is 12.1 Å². The van der Waals surface area contributed by atoms with Crippen molar-refractivity contribution >= 4 is 54.9 Å². The average molecular weight is 404 g/mol. The molecule has 1 N–H and O–H groups in total. The van der Waals surface area contributed by atoms with Gasteiger partial charge in [-0.1, -0.05) is 29.0 Å². The number of esters is 1. The fourth-order valence-electron chi connectivity index (χ4n) is 2.48. The third-order valence-electron chi connectivity index (χ3n) is 3.95. The van der Waals surface area contributed by atoms with Crippen molar-refractivity contribution in [2.24, 2.45) is 0 Å². The van der Waals surface area contributed by atoms with Gasteiger partial charge in [0.05, 0.1) is 4.70 Å². The highest BCUT2D eigenvalue weighted by atomic mass is 32.1. The molecule has 0 aliphatic carbocycles. The number of hydrogen-bond donors (Lipinski definition) is 1. The van der Waals surface area contributed by atoms with Gasteiger partial charge in [0.2, 0.25) is 0 Å². The number of rotatable bonds is 5. The Morgan fingerprint density at radius 2 is 1.93 bits per heavy atom.